The molecule has 1 saturated heterocycles. The van der Waals surface area contributed by atoms with E-state index in [0.29, 0.717) is 0 Å². The van der Waals surface area contributed by atoms with E-state index in [1.165, 1.54) is 24.3 Å². The number of guanidine groups is 1. The van der Waals surface area contributed by atoms with Gasteiger partial charge in [0.15, 0.2) is 0 Å². The number of rotatable bonds is 4. The molecule has 0 aromatic heterocycles. The van der Waals surface area contributed by atoms with Crippen molar-refractivity contribution in [2.45, 2.75) is 107 Å². The second kappa shape index (κ2) is 11.9. The van der Waals surface area contributed by atoms with Crippen LogP contribution in [-0.2, 0) is 0 Å². The number of carbonyl (C=O) groups excluding carboxylic acids is 1. The highest BCUT2D eigenvalue weighted by molar-refractivity contribution is 6.02. The third-order valence-electron chi connectivity index (χ3n) is 7.78. The molecule has 1 amide bonds. The van der Waals surface area contributed by atoms with E-state index >= 15 is 0 Å². The van der Waals surface area contributed by atoms with E-state index in [2.05, 4.69) is 26.5 Å². The monoisotopic (exact) mass is 511 g/mol. The number of hydrazine groups is 1. The van der Waals surface area contributed by atoms with E-state index in [-0.39, 0.29) is 29.9 Å². The predicted octanol–water partition coefficient (Wildman–Crippen LogP) is 5.32. The fourth-order valence-corrected chi connectivity index (χ4v) is 5.75. The Balaban J connectivity index is 1.64. The topological polar surface area (TPSA) is 77.5 Å². The molecule has 0 radical (unpaired) electrons. The molecule has 2 saturated carbocycles. The second-order valence-electron chi connectivity index (χ2n) is 10.5. The van der Waals surface area contributed by atoms with Gasteiger partial charge in [0.25, 0.3) is 5.91 Å². The minimum Gasteiger partial charge on any atom is -0.353 e. The summed E-state index contributed by atoms with van der Waals surface area (Å²) in [6.45, 7) is 0. The van der Waals surface area contributed by atoms with Crippen LogP contribution in [0.2, 0.25) is 0 Å². The highest BCUT2D eigenvalue weighted by Crippen LogP contribution is 2.38. The van der Waals surface area contributed by atoms with Gasteiger partial charge in [0, 0.05) is 18.0 Å². The molecule has 200 valence electrons. The van der Waals surface area contributed by atoms with Crippen molar-refractivity contribution in [1.82, 2.24) is 21.5 Å². The summed E-state index contributed by atoms with van der Waals surface area (Å²) in [6.07, 6.45) is 7.15. The molecule has 10 heteroatoms. The zero-order chi connectivity index (χ0) is 25.6. The van der Waals surface area contributed by atoms with Crippen molar-refractivity contribution in [2.24, 2.45) is 10.9 Å². The predicted molar refractivity (Wildman–Crippen MR) is 131 cm³/mol. The molecule has 3 aliphatic rings. The molecular weight excluding hydrogens is 474 g/mol. The number of amides is 1. The summed E-state index contributed by atoms with van der Waals surface area (Å²) in [4.78, 5) is 17.2. The number of aliphatic imine (C=N–C) groups is 1. The largest absolute Gasteiger partial charge is 0.405 e. The van der Waals surface area contributed by atoms with Crippen molar-refractivity contribution in [3.05, 3.63) is 35.6 Å². The van der Waals surface area contributed by atoms with Crippen molar-refractivity contribution in [2.75, 3.05) is 0 Å². The fraction of sp³-hybridized carbons (Fsp3) is 0.692. The fourth-order valence-electron chi connectivity index (χ4n) is 5.75. The zero-order valence-corrected chi connectivity index (χ0v) is 20.6. The summed E-state index contributed by atoms with van der Waals surface area (Å²) < 4.78 is 54.6. The lowest BCUT2D eigenvalue weighted by Gasteiger charge is -2.40. The number of nitrogens with zero attached hydrogens (tertiary/aromatic N) is 1. The van der Waals surface area contributed by atoms with E-state index in [9.17, 15) is 22.4 Å². The van der Waals surface area contributed by atoms with E-state index in [4.69, 9.17) is 0 Å². The average molecular weight is 512 g/mol. The zero-order valence-electron chi connectivity index (χ0n) is 20.6. The Morgan fingerprint density at radius 3 is 2.08 bits per heavy atom. The van der Waals surface area contributed by atoms with Gasteiger partial charge in [0.1, 0.15) is 17.5 Å². The Kier molecular flexibility index (Phi) is 8.87. The summed E-state index contributed by atoms with van der Waals surface area (Å²) in [5.41, 5.74) is 4.56. The SMILES string of the molecule is O=C(/N=C(/NC1CCCC1)NC1(C2CCCCCCCC2)CC(C(F)(F)F)NN1)c1ccc(F)cc1. The quantitative estimate of drug-likeness (QED) is 0.250. The molecule has 6 nitrogen and oxygen atoms in total. The van der Waals surface area contributed by atoms with Crippen molar-refractivity contribution >= 4 is 11.9 Å². The lowest BCUT2D eigenvalue weighted by atomic mass is 9.81. The standard InChI is InChI=1S/C26H37F4N5O/c27-20-15-13-18(14-16-20)23(36)32-24(31-21-11-7-8-12-21)33-25(17-22(34-35-25)26(28,29)30)19-9-5-3-1-2-4-6-10-19/h13-16,19,21-22,34-35H,1-12,17H2,(H2,31,32,33,36). The number of halogens is 4. The summed E-state index contributed by atoms with van der Waals surface area (Å²) in [6, 6.07) is 3.47. The molecule has 1 aromatic rings. The molecule has 2 unspecified atom stereocenters. The molecule has 2 atom stereocenters. The summed E-state index contributed by atoms with van der Waals surface area (Å²) >= 11 is 0. The normalized spacial score (nSPS) is 27.3. The first kappa shape index (κ1) is 26.9. The van der Waals surface area contributed by atoms with Gasteiger partial charge >= 0.3 is 6.18 Å². The van der Waals surface area contributed by atoms with Gasteiger partial charge in [-0.3, -0.25) is 4.79 Å². The van der Waals surface area contributed by atoms with Gasteiger partial charge < -0.3 is 10.6 Å². The first-order chi connectivity index (χ1) is 17.2. The highest BCUT2D eigenvalue weighted by atomic mass is 19.4. The Bertz CT molecular complexity index is 891. The third-order valence-corrected chi connectivity index (χ3v) is 7.78. The molecule has 1 aliphatic heterocycles. The molecule has 0 spiro atoms. The maximum absolute atomic E-state index is 13.7. The first-order valence-electron chi connectivity index (χ1n) is 13.3. The molecule has 36 heavy (non-hydrogen) atoms. The van der Waals surface area contributed by atoms with E-state index < -0.39 is 29.6 Å². The Hall–Kier alpha value is -2.20. The van der Waals surface area contributed by atoms with Crippen molar-refractivity contribution in [3.63, 3.8) is 0 Å². The van der Waals surface area contributed by atoms with E-state index in [0.717, 1.165) is 77.0 Å². The molecule has 1 aromatic carbocycles. The number of benzene rings is 1. The Morgan fingerprint density at radius 2 is 1.50 bits per heavy atom. The Labute approximate surface area is 210 Å². The van der Waals surface area contributed by atoms with Crippen LogP contribution in [0.4, 0.5) is 17.6 Å². The molecule has 3 fully saturated rings. The lowest BCUT2D eigenvalue weighted by Crippen LogP contribution is -2.64. The van der Waals surface area contributed by atoms with Crippen molar-refractivity contribution in [1.29, 1.82) is 0 Å². The minimum atomic E-state index is -4.41. The maximum atomic E-state index is 13.7. The van der Waals surface area contributed by atoms with Gasteiger partial charge in [-0.1, -0.05) is 51.4 Å². The van der Waals surface area contributed by atoms with Crippen LogP contribution in [0.15, 0.2) is 29.3 Å². The van der Waals surface area contributed by atoms with Gasteiger partial charge in [-0.25, -0.2) is 15.2 Å². The second-order valence-corrected chi connectivity index (χ2v) is 10.5. The van der Waals surface area contributed by atoms with Crippen LogP contribution >= 0.6 is 0 Å². The van der Waals surface area contributed by atoms with Gasteiger partial charge in [-0.15, -0.1) is 0 Å². The van der Waals surface area contributed by atoms with Crippen LogP contribution in [-0.4, -0.2) is 35.8 Å². The number of nitrogens with one attached hydrogen (secondary N) is 4. The third kappa shape index (κ3) is 6.97. The highest BCUT2D eigenvalue weighted by Gasteiger charge is 2.53. The average Bonchev–Trinajstić information content (AvgIpc) is 3.51. The van der Waals surface area contributed by atoms with Crippen LogP contribution in [0, 0.1) is 11.7 Å². The number of hydrogen-bond donors (Lipinski definition) is 4. The van der Waals surface area contributed by atoms with Gasteiger partial charge in [-0.2, -0.15) is 18.2 Å². The van der Waals surface area contributed by atoms with Crippen LogP contribution in [0.1, 0.15) is 93.8 Å². The van der Waals surface area contributed by atoms with Crippen LogP contribution < -0.4 is 21.5 Å². The van der Waals surface area contributed by atoms with Crippen molar-refractivity contribution in [3.8, 4) is 0 Å². The molecule has 4 N–H and O–H groups in total. The maximum Gasteiger partial charge on any atom is 0.405 e. The van der Waals surface area contributed by atoms with Gasteiger partial charge in [0.2, 0.25) is 5.96 Å². The van der Waals surface area contributed by atoms with Gasteiger partial charge in [0.05, 0.1) is 0 Å². The van der Waals surface area contributed by atoms with Crippen LogP contribution in [0.5, 0.6) is 0 Å². The summed E-state index contributed by atoms with van der Waals surface area (Å²) in [7, 11) is 0. The van der Waals surface area contributed by atoms with Crippen LogP contribution in [0.25, 0.3) is 0 Å². The Morgan fingerprint density at radius 1 is 0.917 bits per heavy atom. The lowest BCUT2D eigenvalue weighted by molar-refractivity contribution is -0.153. The molecule has 2 aliphatic carbocycles. The number of alkyl halides is 3. The van der Waals surface area contributed by atoms with Gasteiger partial charge in [-0.05, 0) is 55.9 Å². The molecule has 1 heterocycles. The minimum absolute atomic E-state index is 0.0769. The number of hydrogen-bond acceptors (Lipinski definition) is 3. The molecule has 4 rings (SSSR count). The van der Waals surface area contributed by atoms with E-state index in [1.54, 1.807) is 0 Å². The molecule has 0 bridgehead atoms. The summed E-state index contributed by atoms with van der Waals surface area (Å²) in [5.74, 6) is -0.942. The smallest absolute Gasteiger partial charge is 0.353 e. The molecular formula is C26H37F4N5O. The van der Waals surface area contributed by atoms with Crippen molar-refractivity contribution < 1.29 is 22.4 Å². The first-order valence-corrected chi connectivity index (χ1v) is 13.3. The number of carbonyl (C=O) groups is 1. The van der Waals surface area contributed by atoms with E-state index in [1.807, 2.05) is 0 Å². The van der Waals surface area contributed by atoms with Crippen LogP contribution in [0.3, 0.4) is 0 Å². The summed E-state index contributed by atoms with van der Waals surface area (Å²) in [5, 5.41) is 6.59.